The van der Waals surface area contributed by atoms with E-state index in [2.05, 4.69) is 0 Å². The molecule has 0 aliphatic rings. The van der Waals surface area contributed by atoms with E-state index in [1.165, 1.54) is 83.1 Å². The van der Waals surface area contributed by atoms with Crippen LogP contribution in [0.4, 0.5) is 0 Å². The lowest BCUT2D eigenvalue weighted by atomic mass is 9.89. The fourth-order valence-corrected chi connectivity index (χ4v) is 4.38. The van der Waals surface area contributed by atoms with Crippen molar-refractivity contribution in [3.05, 3.63) is 33.4 Å². The first-order valence-corrected chi connectivity index (χ1v) is 16.7. The Morgan fingerprint density at radius 1 is 0.333 bits per heavy atom. The number of hydrogen-bond acceptors (Lipinski definition) is 16. The Morgan fingerprint density at radius 2 is 0.500 bits per heavy atom. The quantitative estimate of drug-likeness (QED) is 0.0837. The van der Waals surface area contributed by atoms with Crippen LogP contribution >= 0.6 is 0 Å². The van der Waals surface area contributed by atoms with Gasteiger partial charge in [-0.1, -0.05) is 11.1 Å². The third kappa shape index (κ3) is 13.1. The van der Waals surface area contributed by atoms with Crippen molar-refractivity contribution in [2.45, 2.75) is 83.1 Å². The summed E-state index contributed by atoms with van der Waals surface area (Å²) in [5.74, 6) is -8.19. The van der Waals surface area contributed by atoms with E-state index < -0.39 is 118 Å². The molecule has 0 saturated carbocycles. The molecule has 0 fully saturated rings. The lowest BCUT2D eigenvalue weighted by molar-refractivity contribution is -0.160. The molecule has 54 heavy (non-hydrogen) atoms. The zero-order chi connectivity index (χ0) is 42.6. The lowest BCUT2D eigenvalue weighted by Crippen LogP contribution is -2.36. The van der Waals surface area contributed by atoms with Gasteiger partial charge in [-0.2, -0.15) is 0 Å². The number of ether oxygens (including phenoxy) is 8. The molecule has 0 aromatic heterocycles. The zero-order valence-electron chi connectivity index (χ0n) is 34.4. The number of rotatable bonds is 18. The minimum Gasteiger partial charge on any atom is -0.469 e. The molecule has 0 spiro atoms. The maximum atomic E-state index is 14.3. The molecule has 0 radical (unpaired) electrons. The maximum Gasteiger partial charge on any atom is 0.339 e. The van der Waals surface area contributed by atoms with Crippen LogP contribution in [0.5, 0.6) is 0 Å². The smallest absolute Gasteiger partial charge is 0.339 e. The second-order valence-electron chi connectivity index (χ2n) is 15.3. The average Bonchev–Trinajstić information content (AvgIpc) is 3.10. The molecule has 0 aliphatic carbocycles. The Morgan fingerprint density at radius 3 is 0.648 bits per heavy atom. The Bertz CT molecular complexity index is 1460. The Hall–Kier alpha value is -5.02. The van der Waals surface area contributed by atoms with Crippen molar-refractivity contribution in [3.8, 4) is 0 Å². The second-order valence-corrected chi connectivity index (χ2v) is 15.3. The van der Waals surface area contributed by atoms with Crippen molar-refractivity contribution in [2.75, 3.05) is 54.9 Å². The van der Waals surface area contributed by atoms with E-state index >= 15 is 0 Å². The summed E-state index contributed by atoms with van der Waals surface area (Å²) in [4.78, 5) is 106. The van der Waals surface area contributed by atoms with Crippen molar-refractivity contribution in [2.24, 2.45) is 21.7 Å². The van der Waals surface area contributed by atoms with E-state index in [-0.39, 0.29) is 11.1 Å². The van der Waals surface area contributed by atoms with Gasteiger partial charge in [0.05, 0.1) is 72.4 Å². The van der Waals surface area contributed by atoms with E-state index in [1.54, 1.807) is 0 Å². The summed E-state index contributed by atoms with van der Waals surface area (Å²) in [6, 6.07) is 0. The number of allylic oxidation sites excluding steroid dienone is 2. The Labute approximate surface area is 316 Å². The van der Waals surface area contributed by atoms with Gasteiger partial charge < -0.3 is 37.9 Å². The van der Waals surface area contributed by atoms with Crippen molar-refractivity contribution in [3.63, 3.8) is 0 Å². The number of carbonyl (C=O) groups is 8. The molecule has 0 rings (SSSR count). The van der Waals surface area contributed by atoms with Crippen molar-refractivity contribution < 1.29 is 76.3 Å². The predicted molar refractivity (Wildman–Crippen MR) is 191 cm³/mol. The van der Waals surface area contributed by atoms with E-state index in [0.29, 0.717) is 0 Å². The molecule has 0 atom stereocenters. The van der Waals surface area contributed by atoms with Gasteiger partial charge in [0.25, 0.3) is 0 Å². The van der Waals surface area contributed by atoms with Gasteiger partial charge >= 0.3 is 47.8 Å². The molecule has 0 unspecified atom stereocenters. The summed E-state index contributed by atoms with van der Waals surface area (Å²) in [5, 5.41) is 0. The van der Waals surface area contributed by atoms with Crippen LogP contribution in [-0.2, 0) is 76.3 Å². The van der Waals surface area contributed by atoms with Crippen LogP contribution in [-0.4, -0.2) is 103 Å². The molecule has 0 aromatic carbocycles. The highest BCUT2D eigenvalue weighted by Crippen LogP contribution is 2.33. The summed E-state index contributed by atoms with van der Waals surface area (Å²) in [6.45, 7) is 14.6. The zero-order valence-corrected chi connectivity index (χ0v) is 34.4. The minimum absolute atomic E-state index is 0.0727. The van der Waals surface area contributed by atoms with Gasteiger partial charge in [0.2, 0.25) is 0 Å². The van der Waals surface area contributed by atoms with E-state index in [4.69, 9.17) is 37.9 Å². The number of carbonyl (C=O) groups excluding carboxylic acids is 8. The van der Waals surface area contributed by atoms with E-state index in [1.807, 2.05) is 0 Å². The molecule has 0 amide bonds. The van der Waals surface area contributed by atoms with Gasteiger partial charge in [-0.25, -0.2) is 19.2 Å². The van der Waals surface area contributed by atoms with E-state index in [0.717, 1.165) is 28.4 Å². The molecule has 0 N–H and O–H groups in total. The first-order valence-electron chi connectivity index (χ1n) is 16.7. The normalized spacial score (nSPS) is 12.1. The molecular formula is C38H56O16. The van der Waals surface area contributed by atoms with Crippen LogP contribution in [0.3, 0.4) is 0 Å². The molecule has 304 valence electrons. The summed E-state index contributed by atoms with van der Waals surface area (Å²) in [6.07, 6.45) is 0. The molecule has 0 saturated heterocycles. The molecule has 0 bridgehead atoms. The van der Waals surface area contributed by atoms with Gasteiger partial charge in [0.15, 0.2) is 0 Å². The average molecular weight is 769 g/mol. The first-order chi connectivity index (χ1) is 24.6. The monoisotopic (exact) mass is 768 g/mol. The molecule has 0 aromatic rings. The Balaban J connectivity index is 8.17. The minimum atomic E-state index is -1.44. The fourth-order valence-electron chi connectivity index (χ4n) is 4.38. The van der Waals surface area contributed by atoms with Gasteiger partial charge in [0, 0.05) is 0 Å². The van der Waals surface area contributed by atoms with Crippen LogP contribution in [0.2, 0.25) is 0 Å². The largest absolute Gasteiger partial charge is 0.469 e. The summed E-state index contributed by atoms with van der Waals surface area (Å²) in [7, 11) is 4.54. The van der Waals surface area contributed by atoms with Crippen LogP contribution in [0, 0.1) is 21.7 Å². The Kier molecular flexibility index (Phi) is 18.0. The molecule has 0 aliphatic heterocycles. The summed E-state index contributed by atoms with van der Waals surface area (Å²) >= 11 is 0. The van der Waals surface area contributed by atoms with Crippen molar-refractivity contribution >= 4 is 47.8 Å². The SMILES string of the molecule is COC(=O)C(C)(C)COC(=O)C(=C(C)C)/C(C(=O)OCC(C)(C)C(=O)OC)=C(/C(=O)OCC(C)(C)C(=O)OC)C(C(=O)OCC(C)(C)C(=O)OC)=C(C)C. The van der Waals surface area contributed by atoms with Gasteiger partial charge in [-0.15, -0.1) is 0 Å². The highest BCUT2D eigenvalue weighted by Gasteiger charge is 2.41. The number of methoxy groups -OCH3 is 4. The molecular weight excluding hydrogens is 712 g/mol. The summed E-state index contributed by atoms with van der Waals surface area (Å²) < 4.78 is 41.3. The van der Waals surface area contributed by atoms with Gasteiger partial charge in [0.1, 0.15) is 26.4 Å². The topological polar surface area (TPSA) is 210 Å². The highest BCUT2D eigenvalue weighted by atomic mass is 16.6. The van der Waals surface area contributed by atoms with E-state index in [9.17, 15) is 38.4 Å². The van der Waals surface area contributed by atoms with Crippen LogP contribution < -0.4 is 0 Å². The second kappa shape index (κ2) is 19.9. The lowest BCUT2D eigenvalue weighted by Gasteiger charge is -2.26. The van der Waals surface area contributed by atoms with Crippen LogP contribution in [0.1, 0.15) is 83.1 Å². The first kappa shape index (κ1) is 49.0. The van der Waals surface area contributed by atoms with Gasteiger partial charge in [-0.3, -0.25) is 19.2 Å². The van der Waals surface area contributed by atoms with Gasteiger partial charge in [-0.05, 0) is 83.1 Å². The maximum absolute atomic E-state index is 14.3. The number of hydrogen-bond donors (Lipinski definition) is 0. The molecule has 16 nitrogen and oxygen atoms in total. The fraction of sp³-hybridized carbons (Fsp3) is 0.632. The number of esters is 8. The third-order valence-corrected chi connectivity index (χ3v) is 7.77. The van der Waals surface area contributed by atoms with Crippen molar-refractivity contribution in [1.82, 2.24) is 0 Å². The highest BCUT2D eigenvalue weighted by molar-refractivity contribution is 6.18. The molecule has 0 heterocycles. The van der Waals surface area contributed by atoms with Crippen LogP contribution in [0.15, 0.2) is 33.4 Å². The summed E-state index contributed by atoms with van der Waals surface area (Å²) in [5.41, 5.74) is -8.27. The van der Waals surface area contributed by atoms with Crippen molar-refractivity contribution in [1.29, 1.82) is 0 Å². The third-order valence-electron chi connectivity index (χ3n) is 7.77. The predicted octanol–water partition coefficient (Wildman–Crippen LogP) is 3.93. The van der Waals surface area contributed by atoms with Crippen LogP contribution in [0.25, 0.3) is 0 Å². The standard InChI is InChI=1S/C38H56O16/c1-21(2)23(27(39)51-17-35(5,6)31(43)47-13)25(29(41)53-19-37(9,10)33(45)49-15)26(30(42)54-20-38(11,12)34(46)50-16)24(22(3)4)28(40)52-18-36(7,8)32(44)48-14/h17-20H2,1-16H3/b26-25-. The molecule has 16 heteroatoms.